The molecule has 1 fully saturated rings. The molecule has 0 spiro atoms. The summed E-state index contributed by atoms with van der Waals surface area (Å²) in [5, 5.41) is 15.6. The van der Waals surface area contributed by atoms with Crippen molar-refractivity contribution in [2.45, 2.75) is 20.8 Å². The molecule has 2 N–H and O–H groups in total. The fourth-order valence-corrected chi connectivity index (χ4v) is 2.98. The number of benzene rings is 1. The third-order valence-electron chi connectivity index (χ3n) is 4.16. The first kappa shape index (κ1) is 16.5. The standard InChI is InChI=1S/C18H17N3O4/c1-9-6-12(17(23)24)4-5-15(9)21-10(2)7-13(11(21)3)8-14-16(22)20-18(25)19-14/h4-8H,1-3H3,(H,23,24)(H2,19,20,22,25)/p-1/b14-8-. The zero-order valence-corrected chi connectivity index (χ0v) is 14.0. The number of urea groups is 1. The molecular formula is C18H16N3O4-. The number of carboxylic acids is 1. The maximum absolute atomic E-state index is 11.7. The van der Waals surface area contributed by atoms with Crippen LogP contribution in [0.4, 0.5) is 4.79 Å². The van der Waals surface area contributed by atoms with Crippen LogP contribution in [0.3, 0.4) is 0 Å². The molecule has 0 saturated carbocycles. The van der Waals surface area contributed by atoms with Crippen LogP contribution in [0.5, 0.6) is 0 Å². The molecule has 1 aromatic heterocycles. The van der Waals surface area contributed by atoms with Crippen LogP contribution in [-0.4, -0.2) is 22.5 Å². The Labute approximate surface area is 144 Å². The van der Waals surface area contributed by atoms with Crippen molar-refractivity contribution in [2.75, 3.05) is 0 Å². The smallest absolute Gasteiger partial charge is 0.326 e. The number of rotatable bonds is 3. The Morgan fingerprint density at radius 2 is 1.84 bits per heavy atom. The number of carbonyl (C=O) groups is 3. The normalized spacial score (nSPS) is 15.4. The largest absolute Gasteiger partial charge is 0.545 e. The van der Waals surface area contributed by atoms with Gasteiger partial charge in [0.1, 0.15) is 5.70 Å². The lowest BCUT2D eigenvalue weighted by Gasteiger charge is -2.14. The first-order valence-corrected chi connectivity index (χ1v) is 7.63. The van der Waals surface area contributed by atoms with E-state index in [0.717, 1.165) is 28.2 Å². The van der Waals surface area contributed by atoms with Crippen LogP contribution in [0.2, 0.25) is 0 Å². The highest BCUT2D eigenvalue weighted by molar-refractivity contribution is 6.14. The third kappa shape index (κ3) is 2.91. The minimum Gasteiger partial charge on any atom is -0.545 e. The first-order valence-electron chi connectivity index (χ1n) is 7.63. The molecule has 3 rings (SSSR count). The maximum Gasteiger partial charge on any atom is 0.326 e. The summed E-state index contributed by atoms with van der Waals surface area (Å²) in [4.78, 5) is 33.9. The van der Waals surface area contributed by atoms with Crippen LogP contribution in [-0.2, 0) is 4.79 Å². The molecule has 1 saturated heterocycles. The molecule has 2 aromatic rings. The van der Waals surface area contributed by atoms with Gasteiger partial charge in [0.25, 0.3) is 5.91 Å². The number of hydrogen-bond donors (Lipinski definition) is 2. The summed E-state index contributed by atoms with van der Waals surface area (Å²) in [6, 6.07) is 6.14. The van der Waals surface area contributed by atoms with Crippen LogP contribution in [0, 0.1) is 20.8 Å². The number of amides is 3. The molecule has 128 valence electrons. The summed E-state index contributed by atoms with van der Waals surface area (Å²) in [6.07, 6.45) is 1.62. The molecule has 25 heavy (non-hydrogen) atoms. The summed E-state index contributed by atoms with van der Waals surface area (Å²) in [6.45, 7) is 5.62. The van der Waals surface area contributed by atoms with Gasteiger partial charge < -0.3 is 19.8 Å². The Morgan fingerprint density at radius 1 is 1.12 bits per heavy atom. The fourth-order valence-electron chi connectivity index (χ4n) is 2.98. The van der Waals surface area contributed by atoms with Gasteiger partial charge in [0.2, 0.25) is 0 Å². The van der Waals surface area contributed by atoms with Gasteiger partial charge in [0.15, 0.2) is 0 Å². The average molecular weight is 338 g/mol. The Kier molecular flexibility index (Phi) is 3.92. The van der Waals surface area contributed by atoms with E-state index in [4.69, 9.17) is 0 Å². The van der Waals surface area contributed by atoms with E-state index in [0.29, 0.717) is 0 Å². The van der Waals surface area contributed by atoms with Crippen LogP contribution in [0.25, 0.3) is 11.8 Å². The first-order chi connectivity index (χ1) is 11.8. The van der Waals surface area contributed by atoms with Gasteiger partial charge in [-0.2, -0.15) is 0 Å². The number of aryl methyl sites for hydroxylation is 2. The fraction of sp³-hybridized carbons (Fsp3) is 0.167. The van der Waals surface area contributed by atoms with Gasteiger partial charge in [0.05, 0.1) is 5.97 Å². The number of nitrogens with zero attached hydrogens (tertiary/aromatic N) is 1. The number of aromatic carboxylic acids is 1. The number of carbonyl (C=O) groups excluding carboxylic acids is 3. The summed E-state index contributed by atoms with van der Waals surface area (Å²) in [5.74, 6) is -1.69. The second-order valence-corrected chi connectivity index (χ2v) is 5.92. The highest BCUT2D eigenvalue weighted by Gasteiger charge is 2.23. The lowest BCUT2D eigenvalue weighted by atomic mass is 10.1. The Bertz CT molecular complexity index is 953. The number of nitrogens with one attached hydrogen (secondary N) is 2. The van der Waals surface area contributed by atoms with Crippen molar-refractivity contribution in [2.24, 2.45) is 0 Å². The number of aromatic nitrogens is 1. The molecule has 0 radical (unpaired) electrons. The zero-order chi connectivity index (χ0) is 18.3. The number of carboxylic acid groups (broad SMARTS) is 1. The van der Waals surface area contributed by atoms with E-state index in [-0.39, 0.29) is 11.3 Å². The van der Waals surface area contributed by atoms with E-state index in [9.17, 15) is 19.5 Å². The molecule has 1 aromatic carbocycles. The Morgan fingerprint density at radius 3 is 2.40 bits per heavy atom. The average Bonchev–Trinajstić information content (AvgIpc) is 2.99. The topological polar surface area (TPSA) is 103 Å². The molecule has 1 aliphatic rings. The van der Waals surface area contributed by atoms with Gasteiger partial charge in [0, 0.05) is 17.1 Å². The lowest BCUT2D eigenvalue weighted by molar-refractivity contribution is -0.255. The Balaban J connectivity index is 2.07. The molecule has 0 unspecified atom stereocenters. The van der Waals surface area contributed by atoms with Gasteiger partial charge in [-0.25, -0.2) is 4.79 Å². The number of imide groups is 1. The van der Waals surface area contributed by atoms with Gasteiger partial charge in [-0.1, -0.05) is 6.07 Å². The van der Waals surface area contributed by atoms with E-state index in [1.807, 2.05) is 31.4 Å². The van der Waals surface area contributed by atoms with E-state index < -0.39 is 17.9 Å². The predicted octanol–water partition coefficient (Wildman–Crippen LogP) is 0.946. The molecule has 0 aliphatic carbocycles. The van der Waals surface area contributed by atoms with Crippen molar-refractivity contribution in [3.63, 3.8) is 0 Å². The molecule has 7 heteroatoms. The quantitative estimate of drug-likeness (QED) is 0.642. The van der Waals surface area contributed by atoms with Crippen LogP contribution in [0.1, 0.15) is 32.9 Å². The minimum absolute atomic E-state index is 0.122. The summed E-state index contributed by atoms with van der Waals surface area (Å²) in [5.41, 5.74) is 4.50. The van der Waals surface area contributed by atoms with Gasteiger partial charge in [-0.3, -0.25) is 10.1 Å². The van der Waals surface area contributed by atoms with E-state index in [2.05, 4.69) is 10.6 Å². The molecule has 1 aliphatic heterocycles. The van der Waals surface area contributed by atoms with Crippen molar-refractivity contribution < 1.29 is 19.5 Å². The minimum atomic E-state index is -1.22. The lowest BCUT2D eigenvalue weighted by Crippen LogP contribution is -2.22. The molecular weight excluding hydrogens is 322 g/mol. The summed E-state index contributed by atoms with van der Waals surface area (Å²) >= 11 is 0. The van der Waals surface area contributed by atoms with Crippen molar-refractivity contribution in [3.05, 3.63) is 58.0 Å². The van der Waals surface area contributed by atoms with Gasteiger partial charge >= 0.3 is 6.03 Å². The third-order valence-corrected chi connectivity index (χ3v) is 4.16. The highest BCUT2D eigenvalue weighted by Crippen LogP contribution is 2.25. The molecule has 3 amide bonds. The number of hydrogen-bond acceptors (Lipinski definition) is 4. The molecule has 2 heterocycles. The van der Waals surface area contributed by atoms with Crippen LogP contribution < -0.4 is 15.7 Å². The second kappa shape index (κ2) is 5.94. The summed E-state index contributed by atoms with van der Waals surface area (Å²) < 4.78 is 1.97. The van der Waals surface area contributed by atoms with Crippen molar-refractivity contribution in [1.82, 2.24) is 15.2 Å². The maximum atomic E-state index is 11.7. The van der Waals surface area contributed by atoms with Crippen LogP contribution >= 0.6 is 0 Å². The molecule has 0 atom stereocenters. The SMILES string of the molecule is Cc1cc(C(=O)[O-])ccc1-n1c(C)cc(/C=C2\NC(=O)NC2=O)c1C. The van der Waals surface area contributed by atoms with Crippen molar-refractivity contribution >= 4 is 24.0 Å². The zero-order valence-electron chi connectivity index (χ0n) is 14.0. The van der Waals surface area contributed by atoms with Gasteiger partial charge in [-0.05, 0) is 61.7 Å². The van der Waals surface area contributed by atoms with E-state index in [1.165, 1.54) is 6.07 Å². The molecule has 7 nitrogen and oxygen atoms in total. The molecule has 0 bridgehead atoms. The monoisotopic (exact) mass is 338 g/mol. The second-order valence-electron chi connectivity index (χ2n) is 5.92. The van der Waals surface area contributed by atoms with E-state index in [1.54, 1.807) is 18.2 Å². The Hall–Kier alpha value is -3.35. The predicted molar refractivity (Wildman–Crippen MR) is 89.0 cm³/mol. The summed E-state index contributed by atoms with van der Waals surface area (Å²) in [7, 11) is 0. The van der Waals surface area contributed by atoms with E-state index >= 15 is 0 Å². The van der Waals surface area contributed by atoms with Gasteiger partial charge in [-0.15, -0.1) is 0 Å². The van der Waals surface area contributed by atoms with Crippen molar-refractivity contribution in [3.8, 4) is 5.69 Å². The van der Waals surface area contributed by atoms with Crippen LogP contribution in [0.15, 0.2) is 30.0 Å². The van der Waals surface area contributed by atoms with Crippen molar-refractivity contribution in [1.29, 1.82) is 0 Å². The highest BCUT2D eigenvalue weighted by atomic mass is 16.4.